The van der Waals surface area contributed by atoms with Gasteiger partial charge in [-0.2, -0.15) is 0 Å². The Morgan fingerprint density at radius 1 is 1.41 bits per heavy atom. The van der Waals surface area contributed by atoms with Crippen molar-refractivity contribution in [2.24, 2.45) is 5.73 Å². The summed E-state index contributed by atoms with van der Waals surface area (Å²) in [6.07, 6.45) is 1.02. The van der Waals surface area contributed by atoms with Crippen LogP contribution in [0.15, 0.2) is 18.2 Å². The minimum Gasteiger partial charge on any atom is -0.484 e. The molecule has 0 amide bonds. The summed E-state index contributed by atoms with van der Waals surface area (Å²) >= 11 is 0. The van der Waals surface area contributed by atoms with Gasteiger partial charge in [-0.15, -0.1) is 0 Å². The van der Waals surface area contributed by atoms with E-state index < -0.39 is 0 Å². The smallest absolute Gasteiger partial charge is 0.143 e. The maximum atomic E-state index is 6.04. The summed E-state index contributed by atoms with van der Waals surface area (Å²) in [6, 6.07) is 6.40. The molecule has 0 bridgehead atoms. The molecule has 2 N–H and O–H groups in total. The SMILES string of the molecule is Cc1ccc2c(c1)OC(C)(C)CN2CCCN. The van der Waals surface area contributed by atoms with Crippen molar-refractivity contribution >= 4 is 5.69 Å². The molecule has 0 aromatic heterocycles. The van der Waals surface area contributed by atoms with E-state index in [1.165, 1.54) is 11.3 Å². The largest absolute Gasteiger partial charge is 0.484 e. The topological polar surface area (TPSA) is 38.5 Å². The van der Waals surface area contributed by atoms with Gasteiger partial charge >= 0.3 is 0 Å². The van der Waals surface area contributed by atoms with Crippen molar-refractivity contribution in [1.82, 2.24) is 0 Å². The Kier molecular flexibility index (Phi) is 3.29. The lowest BCUT2D eigenvalue weighted by Crippen LogP contribution is -2.47. The van der Waals surface area contributed by atoms with E-state index in [2.05, 4.69) is 43.9 Å². The maximum Gasteiger partial charge on any atom is 0.143 e. The van der Waals surface area contributed by atoms with Crippen LogP contribution >= 0.6 is 0 Å². The molecule has 17 heavy (non-hydrogen) atoms. The number of hydrogen-bond donors (Lipinski definition) is 1. The normalized spacial score (nSPS) is 17.5. The number of hydrogen-bond acceptors (Lipinski definition) is 3. The van der Waals surface area contributed by atoms with Gasteiger partial charge in [0.25, 0.3) is 0 Å². The van der Waals surface area contributed by atoms with Gasteiger partial charge in [0.2, 0.25) is 0 Å². The fourth-order valence-electron chi connectivity index (χ4n) is 2.32. The van der Waals surface area contributed by atoms with Crippen LogP contribution in [0.4, 0.5) is 5.69 Å². The zero-order chi connectivity index (χ0) is 12.5. The molecule has 3 nitrogen and oxygen atoms in total. The fourth-order valence-corrected chi connectivity index (χ4v) is 2.32. The zero-order valence-corrected chi connectivity index (χ0v) is 11.0. The summed E-state index contributed by atoms with van der Waals surface area (Å²) in [5, 5.41) is 0. The molecule has 0 aliphatic carbocycles. The molecular formula is C14H22N2O. The predicted molar refractivity (Wildman–Crippen MR) is 71.8 cm³/mol. The van der Waals surface area contributed by atoms with Crippen molar-refractivity contribution < 1.29 is 4.74 Å². The molecule has 2 rings (SSSR count). The monoisotopic (exact) mass is 234 g/mol. The lowest BCUT2D eigenvalue weighted by Gasteiger charge is -2.41. The first-order valence-electron chi connectivity index (χ1n) is 6.26. The third-order valence-corrected chi connectivity index (χ3v) is 3.05. The van der Waals surface area contributed by atoms with E-state index in [9.17, 15) is 0 Å². The second kappa shape index (κ2) is 4.57. The van der Waals surface area contributed by atoms with Gasteiger partial charge in [0.1, 0.15) is 11.4 Å². The van der Waals surface area contributed by atoms with Crippen molar-refractivity contribution in [2.75, 3.05) is 24.5 Å². The Hall–Kier alpha value is -1.22. The van der Waals surface area contributed by atoms with E-state index in [-0.39, 0.29) is 5.60 Å². The molecule has 0 spiro atoms. The zero-order valence-electron chi connectivity index (χ0n) is 11.0. The molecule has 1 heterocycles. The van der Waals surface area contributed by atoms with Crippen LogP contribution in [0.1, 0.15) is 25.8 Å². The Morgan fingerprint density at radius 2 is 2.18 bits per heavy atom. The maximum absolute atomic E-state index is 6.04. The number of ether oxygens (including phenoxy) is 1. The van der Waals surface area contributed by atoms with Crippen LogP contribution in [0.2, 0.25) is 0 Å². The quantitative estimate of drug-likeness (QED) is 0.872. The third kappa shape index (κ3) is 2.72. The average Bonchev–Trinajstić information content (AvgIpc) is 2.23. The van der Waals surface area contributed by atoms with Gasteiger partial charge in [0, 0.05) is 6.54 Å². The van der Waals surface area contributed by atoms with Crippen molar-refractivity contribution in [1.29, 1.82) is 0 Å². The lowest BCUT2D eigenvalue weighted by molar-refractivity contribution is 0.105. The minimum absolute atomic E-state index is 0.130. The van der Waals surface area contributed by atoms with E-state index in [0.717, 1.165) is 31.8 Å². The van der Waals surface area contributed by atoms with Crippen molar-refractivity contribution in [2.45, 2.75) is 32.8 Å². The number of rotatable bonds is 3. The van der Waals surface area contributed by atoms with Gasteiger partial charge in [0.15, 0.2) is 0 Å². The Morgan fingerprint density at radius 3 is 2.88 bits per heavy atom. The molecule has 0 saturated heterocycles. The molecule has 1 aliphatic rings. The first-order valence-corrected chi connectivity index (χ1v) is 6.26. The van der Waals surface area contributed by atoms with E-state index in [4.69, 9.17) is 10.5 Å². The first kappa shape index (κ1) is 12.2. The van der Waals surface area contributed by atoms with Crippen molar-refractivity contribution in [3.8, 4) is 5.75 Å². The summed E-state index contributed by atoms with van der Waals surface area (Å²) in [6.45, 7) is 9.01. The number of benzene rings is 1. The Bertz CT molecular complexity index is 401. The molecule has 0 saturated carbocycles. The molecule has 0 unspecified atom stereocenters. The molecule has 3 heteroatoms. The van der Waals surface area contributed by atoms with Crippen molar-refractivity contribution in [3.05, 3.63) is 23.8 Å². The van der Waals surface area contributed by atoms with Crippen LogP contribution in [0.5, 0.6) is 5.75 Å². The average molecular weight is 234 g/mol. The summed E-state index contributed by atoms with van der Waals surface area (Å²) in [5.41, 5.74) is 7.90. The molecule has 1 aliphatic heterocycles. The second-order valence-corrected chi connectivity index (χ2v) is 5.40. The molecular weight excluding hydrogens is 212 g/mol. The highest BCUT2D eigenvalue weighted by molar-refractivity contribution is 5.61. The number of nitrogens with two attached hydrogens (primary N) is 1. The Balaban J connectivity index is 2.30. The van der Waals surface area contributed by atoms with Gasteiger partial charge in [-0.3, -0.25) is 0 Å². The lowest BCUT2D eigenvalue weighted by atomic mass is 10.0. The molecule has 94 valence electrons. The fraction of sp³-hybridized carbons (Fsp3) is 0.571. The standard InChI is InChI=1S/C14H22N2O/c1-11-5-6-12-13(9-11)17-14(2,3)10-16(12)8-4-7-15/h5-6,9H,4,7-8,10,15H2,1-3H3. The minimum atomic E-state index is -0.130. The van der Waals surface area contributed by atoms with Gasteiger partial charge in [-0.25, -0.2) is 0 Å². The second-order valence-electron chi connectivity index (χ2n) is 5.40. The van der Waals surface area contributed by atoms with Gasteiger partial charge in [-0.05, 0) is 51.4 Å². The van der Waals surface area contributed by atoms with Crippen molar-refractivity contribution in [3.63, 3.8) is 0 Å². The third-order valence-electron chi connectivity index (χ3n) is 3.05. The van der Waals surface area contributed by atoms with E-state index in [1.54, 1.807) is 0 Å². The highest BCUT2D eigenvalue weighted by Gasteiger charge is 2.31. The van der Waals surface area contributed by atoms with Gasteiger partial charge < -0.3 is 15.4 Å². The highest BCUT2D eigenvalue weighted by Crippen LogP contribution is 2.37. The number of nitrogens with zero attached hydrogens (tertiary/aromatic N) is 1. The van der Waals surface area contributed by atoms with Gasteiger partial charge in [0.05, 0.1) is 12.2 Å². The first-order chi connectivity index (χ1) is 8.02. The van der Waals surface area contributed by atoms with Gasteiger partial charge in [-0.1, -0.05) is 6.07 Å². The molecule has 0 fully saturated rings. The highest BCUT2D eigenvalue weighted by atomic mass is 16.5. The summed E-state index contributed by atoms with van der Waals surface area (Å²) in [4.78, 5) is 2.38. The van der Waals surface area contributed by atoms with Crippen LogP contribution in [-0.2, 0) is 0 Å². The van der Waals surface area contributed by atoms with Crippen LogP contribution in [0, 0.1) is 6.92 Å². The van der Waals surface area contributed by atoms with E-state index >= 15 is 0 Å². The number of fused-ring (bicyclic) bond motifs is 1. The molecule has 0 radical (unpaired) electrons. The molecule has 1 aromatic carbocycles. The molecule has 0 atom stereocenters. The Labute approximate surface area is 104 Å². The van der Waals surface area contributed by atoms with Crippen LogP contribution in [0.3, 0.4) is 0 Å². The summed E-state index contributed by atoms with van der Waals surface area (Å²) < 4.78 is 6.04. The van der Waals surface area contributed by atoms with E-state index in [1.807, 2.05) is 0 Å². The summed E-state index contributed by atoms with van der Waals surface area (Å²) in [5.74, 6) is 0.998. The van der Waals surface area contributed by atoms with Crippen LogP contribution < -0.4 is 15.4 Å². The van der Waals surface area contributed by atoms with E-state index in [0.29, 0.717) is 0 Å². The molecule has 1 aromatic rings. The van der Waals surface area contributed by atoms with Crippen LogP contribution in [0.25, 0.3) is 0 Å². The van der Waals surface area contributed by atoms with Crippen LogP contribution in [-0.4, -0.2) is 25.2 Å². The number of anilines is 1. The predicted octanol–water partition coefficient (Wildman–Crippen LogP) is 2.32. The number of aryl methyl sites for hydroxylation is 1. The summed E-state index contributed by atoms with van der Waals surface area (Å²) in [7, 11) is 0.